The van der Waals surface area contributed by atoms with Crippen molar-refractivity contribution in [2.45, 2.75) is 26.8 Å². The Hall–Kier alpha value is -2.29. The number of nitrogens with zero attached hydrogens (tertiary/aromatic N) is 2. The monoisotopic (exact) mass is 448 g/mol. The first kappa shape index (κ1) is 22.4. The number of rotatable bonds is 9. The number of hydrogen-bond donors (Lipinski definition) is 0. The van der Waals surface area contributed by atoms with Crippen LogP contribution in [0.25, 0.3) is 22.4 Å². The van der Waals surface area contributed by atoms with E-state index in [2.05, 4.69) is 30.9 Å². The maximum absolute atomic E-state index is 13.8. The second-order valence-corrected chi connectivity index (χ2v) is 9.50. The number of thiazole rings is 1. The zero-order valence-corrected chi connectivity index (χ0v) is 18.7. The highest BCUT2D eigenvalue weighted by Gasteiger charge is 2.19. The van der Waals surface area contributed by atoms with E-state index in [1.54, 1.807) is 6.07 Å². The summed E-state index contributed by atoms with van der Waals surface area (Å²) in [6, 6.07) is 12.8. The standard InChI is InChI=1S/C22H25FN2O3S2/c1-3-24(4-2)19-10-6-17(7-11-19)8-13-22-25(14-5-15-30(26,27)28)20-16-18(23)9-12-21(20)29-22/h6-13,16H,3-5,14-15H2,1-2H3. The molecule has 0 unspecified atom stereocenters. The molecule has 3 rings (SSSR count). The second kappa shape index (κ2) is 9.68. The van der Waals surface area contributed by atoms with E-state index in [1.165, 1.54) is 29.2 Å². The number of benzene rings is 2. The summed E-state index contributed by atoms with van der Waals surface area (Å²) in [5, 5.41) is 0.867. The van der Waals surface area contributed by atoms with Gasteiger partial charge in [-0.25, -0.2) is 12.8 Å². The van der Waals surface area contributed by atoms with Gasteiger partial charge >= 0.3 is 0 Å². The summed E-state index contributed by atoms with van der Waals surface area (Å²) >= 11 is 1.50. The molecule has 0 N–H and O–H groups in total. The van der Waals surface area contributed by atoms with Crippen LogP contribution in [-0.4, -0.2) is 31.8 Å². The fourth-order valence-corrected chi connectivity index (χ4v) is 4.93. The minimum Gasteiger partial charge on any atom is -0.748 e. The Morgan fingerprint density at radius 3 is 2.43 bits per heavy atom. The summed E-state index contributed by atoms with van der Waals surface area (Å²) in [5.74, 6) is -0.796. The minimum atomic E-state index is -4.28. The molecule has 0 atom stereocenters. The van der Waals surface area contributed by atoms with E-state index in [4.69, 9.17) is 0 Å². The molecule has 0 aliphatic carbocycles. The highest BCUT2D eigenvalue weighted by Crippen LogP contribution is 2.24. The maximum Gasteiger partial charge on any atom is 0.262 e. The Morgan fingerprint density at radius 1 is 1.10 bits per heavy atom. The Morgan fingerprint density at radius 2 is 1.80 bits per heavy atom. The van der Waals surface area contributed by atoms with Crippen LogP contribution in [0.5, 0.6) is 0 Å². The first-order valence-corrected chi connectivity index (χ1v) is 12.3. The fourth-order valence-electron chi connectivity index (χ4n) is 3.38. The summed E-state index contributed by atoms with van der Waals surface area (Å²) in [6.45, 7) is 6.47. The highest BCUT2D eigenvalue weighted by molar-refractivity contribution is 7.85. The normalized spacial score (nSPS) is 12.1. The van der Waals surface area contributed by atoms with Gasteiger partial charge in [0.15, 0.2) is 6.54 Å². The molecule has 0 fully saturated rings. The average Bonchev–Trinajstić information content (AvgIpc) is 3.04. The van der Waals surface area contributed by atoms with Crippen LogP contribution in [0.3, 0.4) is 0 Å². The lowest BCUT2D eigenvalue weighted by Gasteiger charge is -2.20. The van der Waals surface area contributed by atoms with Crippen LogP contribution in [0.4, 0.5) is 10.1 Å². The first-order valence-electron chi connectivity index (χ1n) is 9.89. The van der Waals surface area contributed by atoms with Gasteiger partial charge in [-0.05, 0) is 49.8 Å². The van der Waals surface area contributed by atoms with E-state index >= 15 is 0 Å². The zero-order chi connectivity index (χ0) is 21.7. The molecule has 0 spiro atoms. The summed E-state index contributed by atoms with van der Waals surface area (Å²) in [6.07, 6.45) is 4.10. The zero-order valence-electron chi connectivity index (χ0n) is 17.0. The Labute approximate surface area is 180 Å². The van der Waals surface area contributed by atoms with Gasteiger partial charge < -0.3 is 9.45 Å². The van der Waals surface area contributed by atoms with Crippen molar-refractivity contribution in [3.63, 3.8) is 0 Å². The van der Waals surface area contributed by atoms with Crippen molar-refractivity contribution in [2.24, 2.45) is 0 Å². The van der Waals surface area contributed by atoms with E-state index in [0.717, 1.165) is 28.4 Å². The first-order chi connectivity index (χ1) is 14.3. The predicted molar refractivity (Wildman–Crippen MR) is 120 cm³/mol. The lowest BCUT2D eigenvalue weighted by atomic mass is 10.2. The molecule has 0 saturated heterocycles. The van der Waals surface area contributed by atoms with E-state index in [9.17, 15) is 17.4 Å². The molecule has 0 bridgehead atoms. The van der Waals surface area contributed by atoms with Gasteiger partial charge in [-0.15, -0.1) is 0 Å². The number of anilines is 1. The number of halogens is 1. The predicted octanol–water partition coefficient (Wildman–Crippen LogP) is 4.28. The van der Waals surface area contributed by atoms with Crippen LogP contribution in [0.2, 0.25) is 0 Å². The summed E-state index contributed by atoms with van der Waals surface area (Å²) in [7, 11) is -4.28. The van der Waals surface area contributed by atoms with Crippen LogP contribution in [0.15, 0.2) is 42.5 Å². The summed E-state index contributed by atoms with van der Waals surface area (Å²) in [4.78, 5) is 2.27. The van der Waals surface area contributed by atoms with Crippen LogP contribution < -0.4 is 9.47 Å². The molecule has 2 aromatic carbocycles. The van der Waals surface area contributed by atoms with Crippen molar-refractivity contribution >= 4 is 49.5 Å². The van der Waals surface area contributed by atoms with Gasteiger partial charge in [0.2, 0.25) is 5.52 Å². The van der Waals surface area contributed by atoms with Crippen molar-refractivity contribution in [1.29, 1.82) is 0 Å². The molecular weight excluding hydrogens is 423 g/mol. The van der Waals surface area contributed by atoms with Gasteiger partial charge in [0.25, 0.3) is 5.01 Å². The third-order valence-electron chi connectivity index (χ3n) is 4.91. The second-order valence-electron chi connectivity index (χ2n) is 6.92. The highest BCUT2D eigenvalue weighted by atomic mass is 32.2. The molecule has 0 amide bonds. The van der Waals surface area contributed by atoms with E-state index in [1.807, 2.05) is 28.9 Å². The van der Waals surface area contributed by atoms with Gasteiger partial charge in [-0.1, -0.05) is 23.5 Å². The Kier molecular flexibility index (Phi) is 7.23. The molecule has 0 saturated carbocycles. The van der Waals surface area contributed by atoms with Gasteiger partial charge in [0.1, 0.15) is 10.5 Å². The molecule has 0 aliphatic heterocycles. The Bertz CT molecular complexity index is 1140. The van der Waals surface area contributed by atoms with Crippen LogP contribution in [0, 0.1) is 5.82 Å². The summed E-state index contributed by atoms with van der Waals surface area (Å²) < 4.78 is 49.4. The third kappa shape index (κ3) is 5.65. The van der Waals surface area contributed by atoms with Gasteiger partial charge in [-0.2, -0.15) is 4.57 Å². The minimum absolute atomic E-state index is 0.179. The van der Waals surface area contributed by atoms with Gasteiger partial charge in [-0.3, -0.25) is 0 Å². The fraction of sp³-hybridized carbons (Fsp3) is 0.318. The largest absolute Gasteiger partial charge is 0.748 e. The lowest BCUT2D eigenvalue weighted by molar-refractivity contribution is -0.668. The molecule has 3 aromatic rings. The molecule has 0 aliphatic rings. The van der Waals surface area contributed by atoms with E-state index in [-0.39, 0.29) is 12.2 Å². The molecular formula is C22H25FN2O3S2. The van der Waals surface area contributed by atoms with Crippen LogP contribution in [0.1, 0.15) is 30.8 Å². The molecule has 0 radical (unpaired) electrons. The molecule has 1 heterocycles. The van der Waals surface area contributed by atoms with Crippen LogP contribution in [-0.2, 0) is 16.7 Å². The van der Waals surface area contributed by atoms with Crippen molar-refractivity contribution < 1.29 is 21.9 Å². The number of aromatic nitrogens is 1. The van der Waals surface area contributed by atoms with E-state index < -0.39 is 15.9 Å². The van der Waals surface area contributed by atoms with Gasteiger partial charge in [0.05, 0.1) is 10.1 Å². The number of fused-ring (bicyclic) bond motifs is 1. The molecule has 30 heavy (non-hydrogen) atoms. The molecule has 5 nitrogen and oxygen atoms in total. The quantitative estimate of drug-likeness (QED) is 0.362. The smallest absolute Gasteiger partial charge is 0.262 e. The SMILES string of the molecule is CCN(CC)c1ccc(/C=C/c2sc3ccc(F)cc3[n+]2CCCS(=O)(=O)[O-])cc1. The molecule has 8 heteroatoms. The third-order valence-corrected chi connectivity index (χ3v) is 6.83. The van der Waals surface area contributed by atoms with E-state index in [0.29, 0.717) is 12.1 Å². The average molecular weight is 449 g/mol. The van der Waals surface area contributed by atoms with Crippen molar-refractivity contribution in [1.82, 2.24) is 0 Å². The van der Waals surface area contributed by atoms with Gasteiger partial charge in [0, 0.05) is 43.1 Å². The van der Waals surface area contributed by atoms with Crippen molar-refractivity contribution in [3.8, 4) is 0 Å². The lowest BCUT2D eigenvalue weighted by Crippen LogP contribution is -2.36. The maximum atomic E-state index is 13.8. The van der Waals surface area contributed by atoms with Crippen LogP contribution >= 0.6 is 11.3 Å². The molecule has 160 valence electrons. The summed E-state index contributed by atoms with van der Waals surface area (Å²) in [5.41, 5.74) is 2.89. The number of aryl methyl sites for hydroxylation is 1. The van der Waals surface area contributed by atoms with Crippen molar-refractivity contribution in [3.05, 3.63) is 58.9 Å². The van der Waals surface area contributed by atoms with Crippen molar-refractivity contribution in [2.75, 3.05) is 23.7 Å². The molecule has 1 aromatic heterocycles. The Balaban J connectivity index is 1.88. The number of hydrogen-bond acceptors (Lipinski definition) is 5. The topological polar surface area (TPSA) is 64.3 Å².